The molecule has 1 saturated carbocycles. The maximum Gasteiger partial charge on any atom is 0.227 e. The summed E-state index contributed by atoms with van der Waals surface area (Å²) in [5.41, 5.74) is 6.46. The summed E-state index contributed by atoms with van der Waals surface area (Å²) in [6.45, 7) is 5.00. The van der Waals surface area contributed by atoms with E-state index in [2.05, 4.69) is 5.32 Å². The largest absolute Gasteiger partial charge is 0.355 e. The quantitative estimate of drug-likeness (QED) is 0.813. The Morgan fingerprint density at radius 1 is 1.27 bits per heavy atom. The Bertz CT molecular complexity index is 496. The first-order chi connectivity index (χ1) is 10.5. The highest BCUT2D eigenvalue weighted by Crippen LogP contribution is 2.43. The third-order valence-corrected chi connectivity index (χ3v) is 5.58. The summed E-state index contributed by atoms with van der Waals surface area (Å²) in [6, 6.07) is 6.69. The lowest BCUT2D eigenvalue weighted by molar-refractivity contribution is -0.131. The number of halogens is 1. The van der Waals surface area contributed by atoms with Gasteiger partial charge in [-0.15, -0.1) is 0 Å². The minimum Gasteiger partial charge on any atom is -0.355 e. The number of nitrogens with two attached hydrogens (primary N) is 1. The normalized spacial score (nSPS) is 16.9. The Hall–Kier alpha value is -1.42. The number of nitrogens with one attached hydrogen (secondary N) is 1. The zero-order valence-corrected chi connectivity index (χ0v) is 13.6. The van der Waals surface area contributed by atoms with Crippen molar-refractivity contribution >= 4 is 5.91 Å². The summed E-state index contributed by atoms with van der Waals surface area (Å²) < 4.78 is 13.1. The topological polar surface area (TPSA) is 55.1 Å². The molecular formula is C18H27FN2O. The van der Waals surface area contributed by atoms with E-state index >= 15 is 0 Å². The first-order valence-corrected chi connectivity index (χ1v) is 8.26. The average Bonchev–Trinajstić information content (AvgIpc) is 2.50. The van der Waals surface area contributed by atoms with Gasteiger partial charge in [0.2, 0.25) is 5.91 Å². The van der Waals surface area contributed by atoms with Crippen LogP contribution in [0.25, 0.3) is 0 Å². The SMILES string of the molecule is CCC(CC)(CN)C(=O)NCC1(c2ccc(F)cc2)CCC1. The molecular weight excluding hydrogens is 279 g/mol. The Morgan fingerprint density at radius 2 is 1.86 bits per heavy atom. The van der Waals surface area contributed by atoms with Crippen LogP contribution in [0, 0.1) is 11.2 Å². The molecule has 0 saturated heterocycles. The van der Waals surface area contributed by atoms with Gasteiger partial charge in [-0.3, -0.25) is 4.79 Å². The summed E-state index contributed by atoms with van der Waals surface area (Å²) in [7, 11) is 0. The molecule has 0 bridgehead atoms. The highest BCUT2D eigenvalue weighted by atomic mass is 19.1. The summed E-state index contributed by atoms with van der Waals surface area (Å²) >= 11 is 0. The summed E-state index contributed by atoms with van der Waals surface area (Å²) in [4.78, 5) is 12.6. The van der Waals surface area contributed by atoms with Crippen molar-refractivity contribution < 1.29 is 9.18 Å². The van der Waals surface area contributed by atoms with E-state index in [1.54, 1.807) is 0 Å². The van der Waals surface area contributed by atoms with E-state index in [1.807, 2.05) is 26.0 Å². The fraction of sp³-hybridized carbons (Fsp3) is 0.611. The summed E-state index contributed by atoms with van der Waals surface area (Å²) in [6.07, 6.45) is 4.71. The molecule has 1 aromatic rings. The molecule has 1 aliphatic carbocycles. The third kappa shape index (κ3) is 3.02. The number of carbonyl (C=O) groups excluding carboxylic acids is 1. The minimum atomic E-state index is -0.465. The van der Waals surface area contributed by atoms with Crippen LogP contribution in [0.15, 0.2) is 24.3 Å². The number of carbonyl (C=O) groups is 1. The molecule has 1 aromatic carbocycles. The van der Waals surface area contributed by atoms with Crippen LogP contribution in [0.2, 0.25) is 0 Å². The number of benzene rings is 1. The predicted molar refractivity (Wildman–Crippen MR) is 87.0 cm³/mol. The molecule has 1 aliphatic rings. The Labute approximate surface area is 132 Å². The second kappa shape index (κ2) is 6.78. The second-order valence-corrected chi connectivity index (χ2v) is 6.52. The molecule has 0 atom stereocenters. The van der Waals surface area contributed by atoms with Gasteiger partial charge in [0.05, 0.1) is 5.41 Å². The smallest absolute Gasteiger partial charge is 0.227 e. The van der Waals surface area contributed by atoms with Crippen molar-refractivity contribution in [2.45, 2.75) is 51.4 Å². The third-order valence-electron chi connectivity index (χ3n) is 5.58. The van der Waals surface area contributed by atoms with Crippen LogP contribution < -0.4 is 11.1 Å². The van der Waals surface area contributed by atoms with Gasteiger partial charge in [-0.1, -0.05) is 32.4 Å². The van der Waals surface area contributed by atoms with Crippen LogP contribution in [-0.2, 0) is 10.2 Å². The Kier molecular flexibility index (Phi) is 5.22. The van der Waals surface area contributed by atoms with E-state index in [0.29, 0.717) is 13.1 Å². The van der Waals surface area contributed by atoms with E-state index in [9.17, 15) is 9.18 Å². The zero-order valence-electron chi connectivity index (χ0n) is 13.6. The van der Waals surface area contributed by atoms with Crippen molar-refractivity contribution in [3.05, 3.63) is 35.6 Å². The van der Waals surface area contributed by atoms with Crippen LogP contribution in [0.4, 0.5) is 4.39 Å². The first-order valence-electron chi connectivity index (χ1n) is 8.26. The number of rotatable bonds is 7. The molecule has 0 aliphatic heterocycles. The van der Waals surface area contributed by atoms with Crippen LogP contribution >= 0.6 is 0 Å². The maximum absolute atomic E-state index is 13.1. The highest BCUT2D eigenvalue weighted by molar-refractivity contribution is 5.83. The molecule has 2 rings (SSSR count). The van der Waals surface area contributed by atoms with Gasteiger partial charge in [-0.25, -0.2) is 4.39 Å². The monoisotopic (exact) mass is 306 g/mol. The lowest BCUT2D eigenvalue weighted by Gasteiger charge is -2.43. The van der Waals surface area contributed by atoms with Crippen molar-refractivity contribution in [3.8, 4) is 0 Å². The standard InChI is InChI=1S/C18H27FN2O/c1-3-17(4-2,12-20)16(22)21-13-18(10-5-11-18)14-6-8-15(19)9-7-14/h6-9H,3-5,10-13,20H2,1-2H3,(H,21,22). The van der Waals surface area contributed by atoms with Crippen molar-refractivity contribution in [2.24, 2.45) is 11.1 Å². The number of hydrogen-bond donors (Lipinski definition) is 2. The molecule has 0 heterocycles. The lowest BCUT2D eigenvalue weighted by Crippen LogP contribution is -2.51. The molecule has 4 heteroatoms. The molecule has 0 unspecified atom stereocenters. The van der Waals surface area contributed by atoms with Crippen LogP contribution in [0.5, 0.6) is 0 Å². The van der Waals surface area contributed by atoms with Gasteiger partial charge < -0.3 is 11.1 Å². The van der Waals surface area contributed by atoms with E-state index in [1.165, 1.54) is 12.1 Å². The Balaban J connectivity index is 2.08. The fourth-order valence-electron chi connectivity index (χ4n) is 3.36. The second-order valence-electron chi connectivity index (χ2n) is 6.52. The Morgan fingerprint density at radius 3 is 2.27 bits per heavy atom. The van der Waals surface area contributed by atoms with Gasteiger partial charge in [-0.2, -0.15) is 0 Å². The molecule has 22 heavy (non-hydrogen) atoms. The van der Waals surface area contributed by atoms with Crippen molar-refractivity contribution in [3.63, 3.8) is 0 Å². The molecule has 1 fully saturated rings. The van der Waals surface area contributed by atoms with E-state index < -0.39 is 5.41 Å². The molecule has 3 N–H and O–H groups in total. The zero-order chi connectivity index (χ0) is 16.2. The molecule has 0 radical (unpaired) electrons. The predicted octanol–water partition coefficient (Wildman–Crippen LogP) is 3.13. The molecule has 0 aromatic heterocycles. The van der Waals surface area contributed by atoms with Gasteiger partial charge in [0.1, 0.15) is 5.82 Å². The first kappa shape index (κ1) is 16.9. The average molecular weight is 306 g/mol. The van der Waals surface area contributed by atoms with Crippen molar-refractivity contribution in [1.29, 1.82) is 0 Å². The van der Waals surface area contributed by atoms with E-state index in [0.717, 1.165) is 37.7 Å². The van der Waals surface area contributed by atoms with E-state index in [-0.39, 0.29) is 17.1 Å². The van der Waals surface area contributed by atoms with Crippen LogP contribution in [0.1, 0.15) is 51.5 Å². The van der Waals surface area contributed by atoms with E-state index in [4.69, 9.17) is 5.73 Å². The molecule has 122 valence electrons. The van der Waals surface area contributed by atoms with Gasteiger partial charge in [0.25, 0.3) is 0 Å². The van der Waals surface area contributed by atoms with Crippen LogP contribution in [0.3, 0.4) is 0 Å². The maximum atomic E-state index is 13.1. The van der Waals surface area contributed by atoms with Gasteiger partial charge >= 0.3 is 0 Å². The van der Waals surface area contributed by atoms with Gasteiger partial charge in [0, 0.05) is 18.5 Å². The molecule has 0 spiro atoms. The van der Waals surface area contributed by atoms with Gasteiger partial charge in [-0.05, 0) is 43.4 Å². The highest BCUT2D eigenvalue weighted by Gasteiger charge is 2.41. The van der Waals surface area contributed by atoms with Gasteiger partial charge in [0.15, 0.2) is 0 Å². The lowest BCUT2D eigenvalue weighted by atomic mass is 9.64. The van der Waals surface area contributed by atoms with Crippen molar-refractivity contribution in [1.82, 2.24) is 5.32 Å². The fourth-order valence-corrected chi connectivity index (χ4v) is 3.36. The molecule has 3 nitrogen and oxygen atoms in total. The summed E-state index contributed by atoms with van der Waals surface area (Å²) in [5.74, 6) is -0.172. The van der Waals surface area contributed by atoms with Crippen LogP contribution in [-0.4, -0.2) is 19.0 Å². The molecule has 1 amide bonds. The number of hydrogen-bond acceptors (Lipinski definition) is 2. The number of amides is 1. The van der Waals surface area contributed by atoms with Crippen molar-refractivity contribution in [2.75, 3.05) is 13.1 Å². The summed E-state index contributed by atoms with van der Waals surface area (Å²) in [5, 5.41) is 3.12. The minimum absolute atomic E-state index is 0.0365.